The molecule has 2 N–H and O–H groups in total. The quantitative estimate of drug-likeness (QED) is 0.923. The van der Waals surface area contributed by atoms with Crippen LogP contribution in [0.2, 0.25) is 0 Å². The first-order chi connectivity index (χ1) is 8.72. The molecule has 0 amide bonds. The molecular formula is C14H18BrN3. The first kappa shape index (κ1) is 13.3. The molecule has 2 aromatic rings. The van der Waals surface area contributed by atoms with Crippen LogP contribution in [0.1, 0.15) is 24.0 Å². The number of halogens is 1. The van der Waals surface area contributed by atoms with Gasteiger partial charge in [0.25, 0.3) is 0 Å². The first-order valence-corrected chi connectivity index (χ1v) is 6.99. The van der Waals surface area contributed by atoms with Gasteiger partial charge in [0.2, 0.25) is 0 Å². The summed E-state index contributed by atoms with van der Waals surface area (Å²) in [6, 6.07) is 8.39. The molecule has 18 heavy (non-hydrogen) atoms. The maximum atomic E-state index is 5.89. The zero-order valence-corrected chi connectivity index (χ0v) is 12.1. The fraction of sp³-hybridized carbons (Fsp3) is 0.357. The van der Waals surface area contributed by atoms with Gasteiger partial charge in [-0.15, -0.1) is 0 Å². The van der Waals surface area contributed by atoms with Crippen molar-refractivity contribution in [2.45, 2.75) is 25.8 Å². The Morgan fingerprint density at radius 3 is 2.61 bits per heavy atom. The summed E-state index contributed by atoms with van der Waals surface area (Å²) in [4.78, 5) is 0. The lowest BCUT2D eigenvalue weighted by molar-refractivity contribution is 0.656. The number of aryl methyl sites for hydroxylation is 1. The number of rotatable bonds is 5. The van der Waals surface area contributed by atoms with Gasteiger partial charge in [-0.3, -0.25) is 4.68 Å². The lowest BCUT2D eigenvalue weighted by atomic mass is 9.93. The highest BCUT2D eigenvalue weighted by molar-refractivity contribution is 9.10. The van der Waals surface area contributed by atoms with E-state index in [2.05, 4.69) is 58.4 Å². The van der Waals surface area contributed by atoms with E-state index in [1.807, 2.05) is 10.9 Å². The molecule has 0 fully saturated rings. The second-order valence-corrected chi connectivity index (χ2v) is 5.31. The summed E-state index contributed by atoms with van der Waals surface area (Å²) in [6.07, 6.45) is 4.98. The van der Waals surface area contributed by atoms with E-state index in [-0.39, 0.29) is 0 Å². The predicted octanol–water partition coefficient (Wildman–Crippen LogP) is 2.95. The molecule has 3 nitrogen and oxygen atoms in total. The van der Waals surface area contributed by atoms with Crippen LogP contribution in [0.5, 0.6) is 0 Å². The smallest absolute Gasteiger partial charge is 0.0521 e. The number of aromatic nitrogens is 2. The third-order valence-corrected chi connectivity index (χ3v) is 3.65. The van der Waals surface area contributed by atoms with Gasteiger partial charge in [-0.1, -0.05) is 28.1 Å². The minimum atomic E-state index is 0.354. The zero-order chi connectivity index (χ0) is 13.0. The van der Waals surface area contributed by atoms with E-state index >= 15 is 0 Å². The predicted molar refractivity (Wildman–Crippen MR) is 77.5 cm³/mol. The van der Waals surface area contributed by atoms with E-state index in [1.165, 1.54) is 11.1 Å². The second-order valence-electron chi connectivity index (χ2n) is 4.39. The first-order valence-electron chi connectivity index (χ1n) is 6.19. The molecule has 1 atom stereocenters. The average molecular weight is 308 g/mol. The molecule has 1 aromatic heterocycles. The van der Waals surface area contributed by atoms with Gasteiger partial charge in [-0.05, 0) is 43.1 Å². The van der Waals surface area contributed by atoms with E-state index in [4.69, 9.17) is 5.73 Å². The van der Waals surface area contributed by atoms with Crippen LogP contribution in [0.3, 0.4) is 0 Å². The molecule has 4 heteroatoms. The van der Waals surface area contributed by atoms with Gasteiger partial charge in [-0.25, -0.2) is 0 Å². The van der Waals surface area contributed by atoms with Crippen LogP contribution in [0.4, 0.5) is 0 Å². The van der Waals surface area contributed by atoms with Crippen LogP contribution < -0.4 is 5.73 Å². The summed E-state index contributed by atoms with van der Waals surface area (Å²) >= 11 is 3.45. The van der Waals surface area contributed by atoms with Crippen molar-refractivity contribution in [1.82, 2.24) is 9.78 Å². The van der Waals surface area contributed by atoms with Gasteiger partial charge in [0.05, 0.1) is 6.20 Å². The molecule has 0 saturated carbocycles. The number of nitrogens with two attached hydrogens (primary N) is 1. The minimum Gasteiger partial charge on any atom is -0.330 e. The molecule has 2 rings (SSSR count). The Kier molecular flexibility index (Phi) is 4.55. The van der Waals surface area contributed by atoms with Crippen LogP contribution in [0.25, 0.3) is 0 Å². The molecule has 0 spiro atoms. The highest BCUT2D eigenvalue weighted by Gasteiger charge is 2.11. The Morgan fingerprint density at radius 2 is 2.06 bits per heavy atom. The maximum absolute atomic E-state index is 5.89. The van der Waals surface area contributed by atoms with Gasteiger partial charge in [0.1, 0.15) is 0 Å². The average Bonchev–Trinajstić information content (AvgIpc) is 2.85. The Morgan fingerprint density at radius 1 is 1.33 bits per heavy atom. The summed E-state index contributed by atoms with van der Waals surface area (Å²) in [5, 5.41) is 4.30. The van der Waals surface area contributed by atoms with Gasteiger partial charge in [-0.2, -0.15) is 5.10 Å². The molecule has 1 unspecified atom stereocenters. The van der Waals surface area contributed by atoms with Gasteiger partial charge >= 0.3 is 0 Å². The monoisotopic (exact) mass is 307 g/mol. The molecule has 1 aromatic carbocycles. The number of nitrogens with zero attached hydrogens (tertiary/aromatic N) is 2. The Balaban J connectivity index is 2.11. The third kappa shape index (κ3) is 3.21. The molecule has 0 radical (unpaired) electrons. The molecule has 0 bridgehead atoms. The molecule has 0 aliphatic heterocycles. The summed E-state index contributed by atoms with van der Waals surface area (Å²) in [7, 11) is 0. The van der Waals surface area contributed by atoms with Crippen LogP contribution >= 0.6 is 15.9 Å². The van der Waals surface area contributed by atoms with E-state index in [0.717, 1.165) is 17.4 Å². The van der Waals surface area contributed by atoms with Crippen molar-refractivity contribution in [2.75, 3.05) is 6.54 Å². The summed E-state index contributed by atoms with van der Waals surface area (Å²) in [6.45, 7) is 3.65. The van der Waals surface area contributed by atoms with E-state index < -0.39 is 0 Å². The minimum absolute atomic E-state index is 0.354. The van der Waals surface area contributed by atoms with Crippen molar-refractivity contribution < 1.29 is 0 Å². The van der Waals surface area contributed by atoms with E-state index in [9.17, 15) is 0 Å². The van der Waals surface area contributed by atoms with Crippen molar-refractivity contribution in [1.29, 1.82) is 0 Å². The summed E-state index contributed by atoms with van der Waals surface area (Å²) in [5.41, 5.74) is 8.42. The summed E-state index contributed by atoms with van der Waals surface area (Å²) < 4.78 is 3.05. The van der Waals surface area contributed by atoms with Crippen molar-refractivity contribution in [2.24, 2.45) is 5.73 Å². The second kappa shape index (κ2) is 6.16. The normalized spacial score (nSPS) is 12.6. The lowest BCUT2D eigenvalue weighted by Crippen LogP contribution is -2.14. The van der Waals surface area contributed by atoms with Crippen LogP contribution in [-0.2, 0) is 13.0 Å². The topological polar surface area (TPSA) is 43.8 Å². The largest absolute Gasteiger partial charge is 0.330 e. The Labute approximate surface area is 116 Å². The maximum Gasteiger partial charge on any atom is 0.0521 e. The van der Waals surface area contributed by atoms with Gasteiger partial charge in [0, 0.05) is 23.1 Å². The van der Waals surface area contributed by atoms with Crippen molar-refractivity contribution in [3.8, 4) is 0 Å². The number of hydrogen-bond acceptors (Lipinski definition) is 2. The van der Waals surface area contributed by atoms with Crippen molar-refractivity contribution in [3.05, 3.63) is 52.3 Å². The fourth-order valence-electron chi connectivity index (χ4n) is 2.04. The Hall–Kier alpha value is -1.13. The van der Waals surface area contributed by atoms with Crippen LogP contribution in [0.15, 0.2) is 41.1 Å². The number of hydrogen-bond donors (Lipinski definition) is 1. The molecule has 0 saturated heterocycles. The zero-order valence-electron chi connectivity index (χ0n) is 10.5. The molecule has 0 aliphatic carbocycles. The highest BCUT2D eigenvalue weighted by Crippen LogP contribution is 2.21. The van der Waals surface area contributed by atoms with E-state index in [0.29, 0.717) is 12.5 Å². The van der Waals surface area contributed by atoms with Crippen molar-refractivity contribution >= 4 is 15.9 Å². The molecule has 1 heterocycles. The van der Waals surface area contributed by atoms with Crippen LogP contribution in [-0.4, -0.2) is 16.3 Å². The van der Waals surface area contributed by atoms with Gasteiger partial charge < -0.3 is 5.73 Å². The molecular weight excluding hydrogens is 290 g/mol. The van der Waals surface area contributed by atoms with Crippen molar-refractivity contribution in [3.63, 3.8) is 0 Å². The Bertz CT molecular complexity index is 490. The summed E-state index contributed by atoms with van der Waals surface area (Å²) in [5.74, 6) is 0.354. The van der Waals surface area contributed by atoms with Gasteiger partial charge in [0.15, 0.2) is 0 Å². The lowest BCUT2D eigenvalue weighted by Gasteiger charge is -2.14. The third-order valence-electron chi connectivity index (χ3n) is 3.12. The SMILES string of the molecule is CCn1cc(CC(CN)c2ccc(Br)cc2)cn1. The standard InChI is InChI=1S/C14H18BrN3/c1-2-18-10-11(9-17-18)7-13(8-16)12-3-5-14(15)6-4-12/h3-6,9-10,13H,2,7-8,16H2,1H3. The number of benzene rings is 1. The highest BCUT2D eigenvalue weighted by atomic mass is 79.9. The molecule has 0 aliphatic rings. The van der Waals surface area contributed by atoms with Crippen LogP contribution in [0, 0.1) is 0 Å². The van der Waals surface area contributed by atoms with E-state index in [1.54, 1.807) is 0 Å². The fourth-order valence-corrected chi connectivity index (χ4v) is 2.31. The molecule has 96 valence electrons.